The molecule has 1 heterocycles. The van der Waals surface area contributed by atoms with Crippen LogP contribution in [0, 0.1) is 0 Å². The van der Waals surface area contributed by atoms with Crippen molar-refractivity contribution in [2.45, 2.75) is 0 Å². The molecule has 3 rings (SSSR count). The van der Waals surface area contributed by atoms with Gasteiger partial charge in [0.05, 0.1) is 0 Å². The van der Waals surface area contributed by atoms with Crippen molar-refractivity contribution in [3.63, 3.8) is 0 Å². The first kappa shape index (κ1) is 11.7. The summed E-state index contributed by atoms with van der Waals surface area (Å²) < 4.78 is 0. The first-order chi connectivity index (χ1) is 8.93. The minimum absolute atomic E-state index is 1.29. The van der Waals surface area contributed by atoms with Gasteiger partial charge in [0.1, 0.15) is 0 Å². The quantitative estimate of drug-likeness (QED) is 0.663. The molecule has 0 fully saturated rings. The minimum Gasteiger partial charge on any atom is -0.0622 e. The highest BCUT2D eigenvalue weighted by molar-refractivity contribution is 8.83. The Kier molecular flexibility index (Phi) is 3.58. The minimum atomic E-state index is 1.29. The molecule has 88 valence electrons. The molecule has 2 aromatic carbocycles. The van der Waals surface area contributed by atoms with E-state index in [1.54, 1.807) is 0 Å². The van der Waals surface area contributed by atoms with Gasteiger partial charge in [-0.25, -0.2) is 0 Å². The van der Waals surface area contributed by atoms with Crippen molar-refractivity contribution >= 4 is 31.4 Å². The van der Waals surface area contributed by atoms with Crippen LogP contribution in [-0.2, 0) is 0 Å². The van der Waals surface area contributed by atoms with Crippen molar-refractivity contribution in [3.05, 3.63) is 83.9 Å². The number of hydrogen-bond acceptors (Lipinski definition) is 2. The fourth-order valence-corrected chi connectivity index (χ4v) is 4.13. The molecule has 0 unspecified atom stereocenters. The first-order valence-corrected chi connectivity index (χ1v) is 7.96. The maximum absolute atomic E-state index is 2.21. The SMILES string of the molecule is C1=C(c2ccccc2)SSC(c2ccccc2)=C1. The van der Waals surface area contributed by atoms with Gasteiger partial charge in [-0.15, -0.1) is 0 Å². The van der Waals surface area contributed by atoms with Crippen LogP contribution in [0.15, 0.2) is 72.8 Å². The van der Waals surface area contributed by atoms with Gasteiger partial charge < -0.3 is 0 Å². The van der Waals surface area contributed by atoms with Crippen molar-refractivity contribution < 1.29 is 0 Å². The summed E-state index contributed by atoms with van der Waals surface area (Å²) in [5.74, 6) is 0. The van der Waals surface area contributed by atoms with Crippen LogP contribution in [0.1, 0.15) is 11.1 Å². The van der Waals surface area contributed by atoms with E-state index in [2.05, 4.69) is 72.8 Å². The molecular weight excluding hydrogens is 256 g/mol. The Bertz CT molecular complexity index is 528. The Labute approximate surface area is 115 Å². The normalized spacial score (nSPS) is 14.9. The van der Waals surface area contributed by atoms with Crippen LogP contribution in [0.25, 0.3) is 9.81 Å². The third kappa shape index (κ3) is 2.55. The van der Waals surface area contributed by atoms with Gasteiger partial charge in [-0.1, -0.05) is 82.3 Å². The third-order valence-corrected chi connectivity index (χ3v) is 5.24. The molecular formula is C16H12S2. The average Bonchev–Trinajstić information content (AvgIpc) is 2.49. The van der Waals surface area contributed by atoms with Crippen LogP contribution in [0.4, 0.5) is 0 Å². The standard InChI is InChI=1S/C16H12S2/c1-3-7-13(8-4-1)15-11-12-16(18-17-15)14-9-5-2-6-10-14/h1-12H. The van der Waals surface area contributed by atoms with Gasteiger partial charge in [0.15, 0.2) is 0 Å². The van der Waals surface area contributed by atoms with Crippen LogP contribution >= 0.6 is 21.6 Å². The van der Waals surface area contributed by atoms with Crippen LogP contribution in [-0.4, -0.2) is 0 Å². The summed E-state index contributed by atoms with van der Waals surface area (Å²) in [6.07, 6.45) is 4.41. The van der Waals surface area contributed by atoms with Crippen LogP contribution in [0.5, 0.6) is 0 Å². The highest BCUT2D eigenvalue weighted by Crippen LogP contribution is 2.48. The van der Waals surface area contributed by atoms with Gasteiger partial charge in [0.2, 0.25) is 0 Å². The molecule has 0 radical (unpaired) electrons. The Hall–Kier alpha value is -1.38. The summed E-state index contributed by atoms with van der Waals surface area (Å²) in [5.41, 5.74) is 2.58. The smallest absolute Gasteiger partial charge is 0.0259 e. The van der Waals surface area contributed by atoms with Gasteiger partial charge in [0.25, 0.3) is 0 Å². The second kappa shape index (κ2) is 5.51. The van der Waals surface area contributed by atoms with E-state index in [0.29, 0.717) is 0 Å². The van der Waals surface area contributed by atoms with E-state index in [0.717, 1.165) is 0 Å². The lowest BCUT2D eigenvalue weighted by Gasteiger charge is -2.13. The maximum atomic E-state index is 2.21. The van der Waals surface area contributed by atoms with Crippen LogP contribution in [0.2, 0.25) is 0 Å². The van der Waals surface area contributed by atoms with Crippen molar-refractivity contribution in [2.24, 2.45) is 0 Å². The third-order valence-electron chi connectivity index (χ3n) is 2.72. The second-order valence-electron chi connectivity index (χ2n) is 3.96. The molecule has 0 nitrogen and oxygen atoms in total. The molecule has 2 aromatic rings. The zero-order valence-corrected chi connectivity index (χ0v) is 11.4. The molecule has 0 atom stereocenters. The Balaban J connectivity index is 1.88. The molecule has 0 amide bonds. The molecule has 18 heavy (non-hydrogen) atoms. The molecule has 2 heteroatoms. The van der Waals surface area contributed by atoms with Crippen molar-refractivity contribution in [2.75, 3.05) is 0 Å². The summed E-state index contributed by atoms with van der Waals surface area (Å²) in [7, 11) is 3.66. The zero-order chi connectivity index (χ0) is 12.2. The average molecular weight is 268 g/mol. The van der Waals surface area contributed by atoms with E-state index in [1.807, 2.05) is 21.6 Å². The van der Waals surface area contributed by atoms with E-state index in [-0.39, 0.29) is 0 Å². The van der Waals surface area contributed by atoms with E-state index in [1.165, 1.54) is 20.9 Å². The van der Waals surface area contributed by atoms with Crippen molar-refractivity contribution in [3.8, 4) is 0 Å². The highest BCUT2D eigenvalue weighted by atomic mass is 33.1. The fourth-order valence-electron chi connectivity index (χ4n) is 1.79. The Morgan fingerprint density at radius 3 is 1.22 bits per heavy atom. The monoisotopic (exact) mass is 268 g/mol. The predicted octanol–water partition coefficient (Wildman–Crippen LogP) is 5.46. The fraction of sp³-hybridized carbons (Fsp3) is 0. The lowest BCUT2D eigenvalue weighted by Crippen LogP contribution is -1.84. The molecule has 0 saturated heterocycles. The van der Waals surface area contributed by atoms with E-state index in [4.69, 9.17) is 0 Å². The topological polar surface area (TPSA) is 0 Å². The van der Waals surface area contributed by atoms with Crippen molar-refractivity contribution in [1.82, 2.24) is 0 Å². The van der Waals surface area contributed by atoms with E-state index < -0.39 is 0 Å². The number of allylic oxidation sites excluding steroid dienone is 2. The summed E-state index contributed by atoms with van der Waals surface area (Å²) >= 11 is 0. The summed E-state index contributed by atoms with van der Waals surface area (Å²) in [5, 5.41) is 0. The highest BCUT2D eigenvalue weighted by Gasteiger charge is 2.10. The maximum Gasteiger partial charge on any atom is 0.0259 e. The molecule has 0 aromatic heterocycles. The Morgan fingerprint density at radius 1 is 0.500 bits per heavy atom. The van der Waals surface area contributed by atoms with Gasteiger partial charge in [-0.05, 0) is 23.3 Å². The van der Waals surface area contributed by atoms with Gasteiger partial charge in [0, 0.05) is 9.81 Å². The van der Waals surface area contributed by atoms with Crippen LogP contribution in [0.3, 0.4) is 0 Å². The largest absolute Gasteiger partial charge is 0.0622 e. The Morgan fingerprint density at radius 2 is 0.889 bits per heavy atom. The molecule has 1 aliphatic heterocycles. The molecule has 0 spiro atoms. The molecule has 0 aliphatic carbocycles. The van der Waals surface area contributed by atoms with E-state index >= 15 is 0 Å². The van der Waals surface area contributed by atoms with Crippen molar-refractivity contribution in [1.29, 1.82) is 0 Å². The molecule has 1 aliphatic rings. The summed E-state index contributed by atoms with van der Waals surface area (Å²) in [6, 6.07) is 21.0. The van der Waals surface area contributed by atoms with Crippen LogP contribution < -0.4 is 0 Å². The zero-order valence-electron chi connectivity index (χ0n) is 9.74. The summed E-state index contributed by atoms with van der Waals surface area (Å²) in [4.78, 5) is 2.64. The number of hydrogen-bond donors (Lipinski definition) is 0. The summed E-state index contributed by atoms with van der Waals surface area (Å²) in [6.45, 7) is 0. The van der Waals surface area contributed by atoms with Gasteiger partial charge >= 0.3 is 0 Å². The lowest BCUT2D eigenvalue weighted by atomic mass is 10.2. The molecule has 0 saturated carbocycles. The lowest BCUT2D eigenvalue weighted by molar-refractivity contribution is 1.64. The molecule has 0 N–H and O–H groups in total. The van der Waals surface area contributed by atoms with Gasteiger partial charge in [-0.3, -0.25) is 0 Å². The molecule has 0 bridgehead atoms. The van der Waals surface area contributed by atoms with E-state index in [9.17, 15) is 0 Å². The number of rotatable bonds is 2. The van der Waals surface area contributed by atoms with Gasteiger partial charge in [-0.2, -0.15) is 0 Å². The first-order valence-electron chi connectivity index (χ1n) is 5.81. The number of benzene rings is 2. The second-order valence-corrected chi connectivity index (χ2v) is 6.17. The predicted molar refractivity (Wildman–Crippen MR) is 84.0 cm³/mol.